The molecular weight excluding hydrogens is 350 g/mol. The minimum absolute atomic E-state index is 0.00969. The van der Waals surface area contributed by atoms with Gasteiger partial charge in [0.05, 0.1) is 5.56 Å². The van der Waals surface area contributed by atoms with Gasteiger partial charge in [0.1, 0.15) is 4.21 Å². The smallest absolute Gasteiger partial charge is 0.254 e. The van der Waals surface area contributed by atoms with Gasteiger partial charge in [0.25, 0.3) is 15.9 Å². The molecule has 2 amide bonds. The van der Waals surface area contributed by atoms with Crippen molar-refractivity contribution in [3.63, 3.8) is 0 Å². The molecule has 0 spiro atoms. The van der Waals surface area contributed by atoms with Crippen molar-refractivity contribution in [2.45, 2.75) is 24.0 Å². The minimum atomic E-state index is -3.61. The van der Waals surface area contributed by atoms with Gasteiger partial charge in [0.15, 0.2) is 0 Å². The Hall–Kier alpha value is -1.45. The first kappa shape index (κ1) is 18.9. The second-order valence-corrected chi connectivity index (χ2v) is 9.00. The number of carbonyl (C=O) groups is 2. The molecule has 0 aliphatic carbocycles. The molecule has 9 heteroatoms. The number of thiophene rings is 1. The molecule has 1 aromatic heterocycles. The van der Waals surface area contributed by atoms with Crippen LogP contribution in [0.15, 0.2) is 15.7 Å². The SMILES string of the molecule is CCNC(=O)C1CCN(S(=O)(=O)c2cc(C(=O)N(C)C)cs2)CC1. The number of nitrogens with zero attached hydrogens (tertiary/aromatic N) is 2. The average molecular weight is 374 g/mol. The van der Waals surface area contributed by atoms with Crippen molar-refractivity contribution in [2.75, 3.05) is 33.7 Å². The summed E-state index contributed by atoms with van der Waals surface area (Å²) >= 11 is 1.05. The number of carbonyl (C=O) groups excluding carboxylic acids is 2. The van der Waals surface area contributed by atoms with Crippen LogP contribution in [0.5, 0.6) is 0 Å². The molecule has 2 rings (SSSR count). The molecule has 7 nitrogen and oxygen atoms in total. The van der Waals surface area contributed by atoms with Gasteiger partial charge in [-0.15, -0.1) is 11.3 Å². The van der Waals surface area contributed by atoms with Crippen LogP contribution in [0.1, 0.15) is 30.1 Å². The van der Waals surface area contributed by atoms with Crippen LogP contribution in [0.25, 0.3) is 0 Å². The lowest BCUT2D eigenvalue weighted by Crippen LogP contribution is -2.42. The summed E-state index contributed by atoms with van der Waals surface area (Å²) < 4.78 is 27.0. The zero-order chi connectivity index (χ0) is 17.9. The predicted molar refractivity (Wildman–Crippen MR) is 92.5 cm³/mol. The number of hydrogen-bond acceptors (Lipinski definition) is 5. The maximum absolute atomic E-state index is 12.7. The molecular formula is C15H23N3O4S2. The molecule has 1 fully saturated rings. The van der Waals surface area contributed by atoms with Crippen molar-refractivity contribution >= 4 is 33.2 Å². The summed E-state index contributed by atoms with van der Waals surface area (Å²) in [5.41, 5.74) is 0.376. The van der Waals surface area contributed by atoms with Crippen molar-refractivity contribution in [1.29, 1.82) is 0 Å². The van der Waals surface area contributed by atoms with Crippen LogP contribution >= 0.6 is 11.3 Å². The lowest BCUT2D eigenvalue weighted by Gasteiger charge is -2.30. The standard InChI is InChI=1S/C15H23N3O4S2/c1-4-16-14(19)11-5-7-18(8-6-11)24(21,22)13-9-12(10-23-13)15(20)17(2)3/h9-11H,4-8H2,1-3H3,(H,16,19). The Kier molecular flexibility index (Phi) is 6.00. The fraction of sp³-hybridized carbons (Fsp3) is 0.600. The van der Waals surface area contributed by atoms with Crippen molar-refractivity contribution in [2.24, 2.45) is 5.92 Å². The molecule has 1 aliphatic heterocycles. The molecule has 24 heavy (non-hydrogen) atoms. The number of sulfonamides is 1. The summed E-state index contributed by atoms with van der Waals surface area (Å²) in [4.78, 5) is 25.2. The molecule has 1 aromatic rings. The largest absolute Gasteiger partial charge is 0.356 e. The lowest BCUT2D eigenvalue weighted by molar-refractivity contribution is -0.126. The van der Waals surface area contributed by atoms with E-state index in [9.17, 15) is 18.0 Å². The monoisotopic (exact) mass is 373 g/mol. The first-order valence-corrected chi connectivity index (χ1v) is 10.2. The highest BCUT2D eigenvalue weighted by Crippen LogP contribution is 2.28. The van der Waals surface area contributed by atoms with Crippen LogP contribution in [0.3, 0.4) is 0 Å². The van der Waals surface area contributed by atoms with E-state index in [0.717, 1.165) is 11.3 Å². The highest BCUT2D eigenvalue weighted by Gasteiger charge is 2.33. The van der Waals surface area contributed by atoms with Gasteiger partial charge in [-0.05, 0) is 25.8 Å². The van der Waals surface area contributed by atoms with E-state index in [1.165, 1.54) is 15.3 Å². The maximum Gasteiger partial charge on any atom is 0.254 e. The summed E-state index contributed by atoms with van der Waals surface area (Å²) in [6.07, 6.45) is 1.03. The Balaban J connectivity index is 2.07. The molecule has 2 heterocycles. The fourth-order valence-corrected chi connectivity index (χ4v) is 5.40. The van der Waals surface area contributed by atoms with E-state index in [2.05, 4.69) is 5.32 Å². The van der Waals surface area contributed by atoms with Gasteiger partial charge < -0.3 is 10.2 Å². The average Bonchev–Trinajstić information content (AvgIpc) is 3.05. The molecule has 134 valence electrons. The van der Waals surface area contributed by atoms with Crippen LogP contribution in [-0.4, -0.2) is 63.2 Å². The van der Waals surface area contributed by atoms with Gasteiger partial charge in [0, 0.05) is 45.0 Å². The normalized spacial score (nSPS) is 16.8. The second kappa shape index (κ2) is 7.62. The number of nitrogens with one attached hydrogen (secondary N) is 1. The lowest BCUT2D eigenvalue weighted by atomic mass is 9.97. The van der Waals surface area contributed by atoms with Gasteiger partial charge >= 0.3 is 0 Å². The third-order valence-corrected chi connectivity index (χ3v) is 7.31. The summed E-state index contributed by atoms with van der Waals surface area (Å²) in [5, 5.41) is 4.35. The molecule has 0 atom stereocenters. The third-order valence-electron chi connectivity index (χ3n) is 4.00. The number of amides is 2. The maximum atomic E-state index is 12.7. The van der Waals surface area contributed by atoms with Gasteiger partial charge in [-0.1, -0.05) is 0 Å². The van der Waals surface area contributed by atoms with Crippen LogP contribution in [0.4, 0.5) is 0 Å². The van der Waals surface area contributed by atoms with Crippen molar-refractivity contribution in [3.05, 3.63) is 17.0 Å². The number of piperidine rings is 1. The Morgan fingerprint density at radius 3 is 2.50 bits per heavy atom. The van der Waals surface area contributed by atoms with Crippen molar-refractivity contribution in [3.8, 4) is 0 Å². The quantitative estimate of drug-likeness (QED) is 0.834. The van der Waals surface area contributed by atoms with E-state index in [1.54, 1.807) is 19.5 Å². The third kappa shape index (κ3) is 3.96. The minimum Gasteiger partial charge on any atom is -0.356 e. The first-order chi connectivity index (χ1) is 11.3. The van der Waals surface area contributed by atoms with Gasteiger partial charge in [0.2, 0.25) is 5.91 Å². The van der Waals surface area contributed by atoms with Gasteiger partial charge in [-0.2, -0.15) is 4.31 Å². The number of rotatable bonds is 5. The predicted octanol–water partition coefficient (Wildman–Crippen LogP) is 0.987. The van der Waals surface area contributed by atoms with Crippen LogP contribution in [-0.2, 0) is 14.8 Å². The summed E-state index contributed by atoms with van der Waals surface area (Å²) in [6.45, 7) is 3.08. The Labute approximate surface area is 146 Å². The van der Waals surface area contributed by atoms with E-state index in [-0.39, 0.29) is 21.9 Å². The Bertz CT molecular complexity index is 704. The van der Waals surface area contributed by atoms with Crippen LogP contribution < -0.4 is 5.32 Å². The van der Waals surface area contributed by atoms with E-state index < -0.39 is 10.0 Å². The van der Waals surface area contributed by atoms with Crippen molar-refractivity contribution in [1.82, 2.24) is 14.5 Å². The molecule has 1 saturated heterocycles. The van der Waals surface area contributed by atoms with E-state index in [4.69, 9.17) is 0 Å². The zero-order valence-electron chi connectivity index (χ0n) is 14.1. The molecule has 0 saturated carbocycles. The summed E-state index contributed by atoms with van der Waals surface area (Å²) in [5.74, 6) is -0.363. The molecule has 0 unspecified atom stereocenters. The van der Waals surface area contributed by atoms with Crippen LogP contribution in [0, 0.1) is 5.92 Å². The highest BCUT2D eigenvalue weighted by atomic mass is 32.2. The van der Waals surface area contributed by atoms with E-state index in [0.29, 0.717) is 38.0 Å². The molecule has 0 aromatic carbocycles. The topological polar surface area (TPSA) is 86.8 Å². The Morgan fingerprint density at radius 2 is 1.96 bits per heavy atom. The van der Waals surface area contributed by atoms with E-state index >= 15 is 0 Å². The van der Waals surface area contributed by atoms with Crippen LogP contribution in [0.2, 0.25) is 0 Å². The second-order valence-electron chi connectivity index (χ2n) is 5.93. The fourth-order valence-electron chi connectivity index (χ4n) is 2.63. The Morgan fingerprint density at radius 1 is 1.33 bits per heavy atom. The van der Waals surface area contributed by atoms with Gasteiger partial charge in [-0.3, -0.25) is 9.59 Å². The van der Waals surface area contributed by atoms with Crippen molar-refractivity contribution < 1.29 is 18.0 Å². The molecule has 0 radical (unpaired) electrons. The summed E-state index contributed by atoms with van der Waals surface area (Å²) in [6, 6.07) is 1.43. The number of hydrogen-bond donors (Lipinski definition) is 1. The molecule has 1 N–H and O–H groups in total. The van der Waals surface area contributed by atoms with Gasteiger partial charge in [-0.25, -0.2) is 8.42 Å². The molecule has 1 aliphatic rings. The zero-order valence-corrected chi connectivity index (χ0v) is 15.7. The highest BCUT2D eigenvalue weighted by molar-refractivity contribution is 7.91. The summed E-state index contributed by atoms with van der Waals surface area (Å²) in [7, 11) is -0.362. The first-order valence-electron chi connectivity index (χ1n) is 7.85. The van der Waals surface area contributed by atoms with E-state index in [1.807, 2.05) is 6.92 Å². The molecule has 0 bridgehead atoms.